The van der Waals surface area contributed by atoms with E-state index in [0.717, 1.165) is 7.11 Å². The Morgan fingerprint density at radius 2 is 2.10 bits per heavy atom. The summed E-state index contributed by atoms with van der Waals surface area (Å²) in [4.78, 5) is 33.5. The summed E-state index contributed by atoms with van der Waals surface area (Å²) in [6.45, 7) is 0. The number of pyridine rings is 1. The SMILES string of the molecule is COC(=O)Cc1cc(OC(F)(F)F)c([N+](=O)[O-])c(=O)[nH]1. The molecule has 0 aliphatic carbocycles. The summed E-state index contributed by atoms with van der Waals surface area (Å²) in [7, 11) is 1.03. The number of alkyl halides is 3. The van der Waals surface area contributed by atoms with E-state index in [1.807, 2.05) is 4.98 Å². The number of H-pyrrole nitrogens is 1. The first-order chi connectivity index (χ1) is 9.14. The third kappa shape index (κ3) is 3.96. The molecule has 0 spiro atoms. The third-order valence-corrected chi connectivity index (χ3v) is 2.00. The first kappa shape index (κ1) is 15.5. The zero-order chi connectivity index (χ0) is 15.5. The Kier molecular flexibility index (Phi) is 4.32. The number of halogens is 3. The number of aromatic nitrogens is 1. The molecule has 0 amide bonds. The number of esters is 1. The number of carbonyl (C=O) groups excluding carboxylic acids is 1. The van der Waals surface area contributed by atoms with Gasteiger partial charge in [0, 0.05) is 11.8 Å². The molecule has 1 aromatic heterocycles. The number of aromatic amines is 1. The van der Waals surface area contributed by atoms with Crippen molar-refractivity contribution in [1.29, 1.82) is 0 Å². The standard InChI is InChI=1S/C9H7F3N2O6/c1-19-6(15)3-4-2-5(20-9(10,11)12)7(14(17)18)8(16)13-4/h2H,3H2,1H3,(H,13,16). The Balaban J connectivity index is 3.32. The highest BCUT2D eigenvalue weighted by Crippen LogP contribution is 2.29. The average Bonchev–Trinajstić information content (AvgIpc) is 2.25. The van der Waals surface area contributed by atoms with Crippen molar-refractivity contribution in [3.05, 3.63) is 32.2 Å². The second kappa shape index (κ2) is 5.59. The van der Waals surface area contributed by atoms with E-state index in [-0.39, 0.29) is 5.69 Å². The third-order valence-electron chi connectivity index (χ3n) is 2.00. The summed E-state index contributed by atoms with van der Waals surface area (Å²) in [6.07, 6.45) is -5.79. The van der Waals surface area contributed by atoms with Crippen molar-refractivity contribution in [2.75, 3.05) is 7.11 Å². The van der Waals surface area contributed by atoms with E-state index in [9.17, 15) is 32.9 Å². The predicted octanol–water partition coefficient (Wildman–Crippen LogP) is 0.897. The van der Waals surface area contributed by atoms with Gasteiger partial charge in [0.15, 0.2) is 0 Å². The summed E-state index contributed by atoms with van der Waals surface area (Å²) in [5.74, 6) is -2.15. The van der Waals surface area contributed by atoms with Crippen molar-refractivity contribution in [3.8, 4) is 5.75 Å². The number of nitro groups is 1. The highest BCUT2D eigenvalue weighted by Gasteiger charge is 2.36. The van der Waals surface area contributed by atoms with Crippen LogP contribution in [0, 0.1) is 10.1 Å². The summed E-state index contributed by atoms with van der Waals surface area (Å²) in [5, 5.41) is 10.6. The molecule has 1 rings (SSSR count). The van der Waals surface area contributed by atoms with Crippen LogP contribution in [-0.4, -0.2) is 29.3 Å². The average molecular weight is 296 g/mol. The van der Waals surface area contributed by atoms with Crippen LogP contribution in [0.25, 0.3) is 0 Å². The van der Waals surface area contributed by atoms with Gasteiger partial charge in [0.1, 0.15) is 0 Å². The highest BCUT2D eigenvalue weighted by molar-refractivity contribution is 5.72. The first-order valence-corrected chi connectivity index (χ1v) is 4.87. The lowest BCUT2D eigenvalue weighted by molar-refractivity contribution is -0.390. The molecule has 0 aliphatic rings. The van der Waals surface area contributed by atoms with Crippen LogP contribution in [0.3, 0.4) is 0 Å². The molecule has 0 atom stereocenters. The van der Waals surface area contributed by atoms with Gasteiger partial charge in [-0.15, -0.1) is 13.2 Å². The molecule has 0 unspecified atom stereocenters. The van der Waals surface area contributed by atoms with E-state index >= 15 is 0 Å². The highest BCUT2D eigenvalue weighted by atomic mass is 19.4. The second-order valence-electron chi connectivity index (χ2n) is 3.39. The van der Waals surface area contributed by atoms with Crippen molar-refractivity contribution >= 4 is 11.7 Å². The predicted molar refractivity (Wildman–Crippen MR) is 56.1 cm³/mol. The van der Waals surface area contributed by atoms with Gasteiger partial charge in [0.05, 0.1) is 18.5 Å². The molecule has 1 heterocycles. The Labute approximate surface area is 108 Å². The summed E-state index contributed by atoms with van der Waals surface area (Å²) in [6, 6.07) is 0.546. The quantitative estimate of drug-likeness (QED) is 0.502. The largest absolute Gasteiger partial charge is 0.573 e. The number of hydrogen-bond donors (Lipinski definition) is 1. The Morgan fingerprint density at radius 1 is 1.50 bits per heavy atom. The zero-order valence-electron chi connectivity index (χ0n) is 9.82. The van der Waals surface area contributed by atoms with Gasteiger partial charge in [-0.2, -0.15) is 0 Å². The van der Waals surface area contributed by atoms with Crippen LogP contribution in [0.15, 0.2) is 10.9 Å². The van der Waals surface area contributed by atoms with E-state index in [4.69, 9.17) is 0 Å². The van der Waals surface area contributed by atoms with E-state index < -0.39 is 40.7 Å². The first-order valence-electron chi connectivity index (χ1n) is 4.87. The Morgan fingerprint density at radius 3 is 2.55 bits per heavy atom. The minimum Gasteiger partial charge on any atom is -0.469 e. The van der Waals surface area contributed by atoms with Crippen LogP contribution < -0.4 is 10.3 Å². The molecule has 0 saturated carbocycles. The summed E-state index contributed by atoms with van der Waals surface area (Å²) in [5.41, 5.74) is -3.14. The fourth-order valence-corrected chi connectivity index (χ4v) is 1.28. The van der Waals surface area contributed by atoms with Crippen LogP contribution in [-0.2, 0) is 16.0 Å². The lowest BCUT2D eigenvalue weighted by atomic mass is 10.2. The Hall–Kier alpha value is -2.59. The molecule has 110 valence electrons. The number of methoxy groups -OCH3 is 1. The van der Waals surface area contributed by atoms with Crippen molar-refractivity contribution in [2.24, 2.45) is 0 Å². The van der Waals surface area contributed by atoms with E-state index in [2.05, 4.69) is 9.47 Å². The van der Waals surface area contributed by atoms with Crippen molar-refractivity contribution in [2.45, 2.75) is 12.8 Å². The van der Waals surface area contributed by atoms with E-state index in [1.54, 1.807) is 0 Å². The fourth-order valence-electron chi connectivity index (χ4n) is 1.28. The number of hydrogen-bond acceptors (Lipinski definition) is 6. The molecule has 0 saturated heterocycles. The van der Waals surface area contributed by atoms with Gasteiger partial charge in [0.25, 0.3) is 0 Å². The van der Waals surface area contributed by atoms with Crippen LogP contribution in [0.4, 0.5) is 18.9 Å². The molecule has 1 N–H and O–H groups in total. The molecular weight excluding hydrogens is 289 g/mol. The molecule has 0 radical (unpaired) electrons. The van der Waals surface area contributed by atoms with Crippen LogP contribution in [0.5, 0.6) is 5.75 Å². The van der Waals surface area contributed by atoms with E-state index in [1.165, 1.54) is 0 Å². The topological polar surface area (TPSA) is 112 Å². The van der Waals surface area contributed by atoms with Gasteiger partial charge in [-0.1, -0.05) is 0 Å². The van der Waals surface area contributed by atoms with Gasteiger partial charge in [-0.05, 0) is 0 Å². The number of rotatable bonds is 4. The maximum Gasteiger partial charge on any atom is 0.573 e. The number of nitrogens with zero attached hydrogens (tertiary/aromatic N) is 1. The monoisotopic (exact) mass is 296 g/mol. The molecule has 0 bridgehead atoms. The van der Waals surface area contributed by atoms with Crippen molar-refractivity contribution in [3.63, 3.8) is 0 Å². The minimum atomic E-state index is -5.22. The molecule has 0 aromatic carbocycles. The number of ether oxygens (including phenoxy) is 2. The van der Waals surface area contributed by atoms with Gasteiger partial charge in [-0.3, -0.25) is 19.7 Å². The van der Waals surface area contributed by atoms with Gasteiger partial charge >= 0.3 is 23.6 Å². The maximum absolute atomic E-state index is 12.1. The zero-order valence-corrected chi connectivity index (χ0v) is 9.82. The Bertz CT molecular complexity index is 594. The van der Waals surface area contributed by atoms with Gasteiger partial charge in [-0.25, -0.2) is 0 Å². The van der Waals surface area contributed by atoms with Crippen LogP contribution in [0.2, 0.25) is 0 Å². The minimum absolute atomic E-state index is 0.313. The smallest absolute Gasteiger partial charge is 0.469 e. The van der Waals surface area contributed by atoms with Crippen LogP contribution >= 0.6 is 0 Å². The van der Waals surface area contributed by atoms with Crippen molar-refractivity contribution in [1.82, 2.24) is 4.98 Å². The van der Waals surface area contributed by atoms with Crippen molar-refractivity contribution < 1.29 is 32.4 Å². The molecule has 0 aliphatic heterocycles. The lowest BCUT2D eigenvalue weighted by Crippen LogP contribution is -2.22. The molecule has 8 nitrogen and oxygen atoms in total. The molecule has 1 aromatic rings. The lowest BCUT2D eigenvalue weighted by Gasteiger charge is -2.09. The molecule has 0 fully saturated rings. The number of carbonyl (C=O) groups is 1. The normalized spacial score (nSPS) is 11.0. The van der Waals surface area contributed by atoms with E-state index in [0.29, 0.717) is 6.07 Å². The summed E-state index contributed by atoms with van der Waals surface area (Å²) < 4.78 is 44.1. The van der Waals surface area contributed by atoms with Crippen LogP contribution in [0.1, 0.15) is 5.69 Å². The number of nitrogens with one attached hydrogen (secondary N) is 1. The second-order valence-corrected chi connectivity index (χ2v) is 3.39. The molecular formula is C9H7F3N2O6. The fraction of sp³-hybridized carbons (Fsp3) is 0.333. The molecule has 20 heavy (non-hydrogen) atoms. The molecule has 11 heteroatoms. The van der Waals surface area contributed by atoms with Gasteiger partial charge in [0.2, 0.25) is 5.75 Å². The maximum atomic E-state index is 12.1. The van der Waals surface area contributed by atoms with Gasteiger partial charge < -0.3 is 14.5 Å². The summed E-state index contributed by atoms with van der Waals surface area (Å²) >= 11 is 0.